The second-order valence-corrected chi connectivity index (χ2v) is 6.89. The molecule has 4 heterocycles. The van der Waals surface area contributed by atoms with E-state index in [0.717, 1.165) is 24.0 Å². The molecular formula is C18H21FN4O2. The summed E-state index contributed by atoms with van der Waals surface area (Å²) in [5.41, 5.74) is 2.03. The van der Waals surface area contributed by atoms with Crippen LogP contribution in [0.3, 0.4) is 0 Å². The maximum Gasteiger partial charge on any atom is 0.225 e. The van der Waals surface area contributed by atoms with Crippen molar-refractivity contribution in [3.05, 3.63) is 47.8 Å². The molecule has 2 aliphatic heterocycles. The van der Waals surface area contributed by atoms with Gasteiger partial charge in [0.05, 0.1) is 38.2 Å². The van der Waals surface area contributed by atoms with Crippen LogP contribution in [0.15, 0.2) is 30.9 Å². The molecule has 0 N–H and O–H groups in total. The molecule has 1 atom stereocenters. The molecule has 2 saturated heterocycles. The number of halogens is 1. The molecule has 2 fully saturated rings. The van der Waals surface area contributed by atoms with E-state index < -0.39 is 5.82 Å². The number of aromatic nitrogens is 3. The van der Waals surface area contributed by atoms with Crippen molar-refractivity contribution in [3.8, 4) is 0 Å². The van der Waals surface area contributed by atoms with Crippen molar-refractivity contribution in [3.63, 3.8) is 0 Å². The Morgan fingerprint density at radius 3 is 2.84 bits per heavy atom. The van der Waals surface area contributed by atoms with E-state index >= 15 is 0 Å². The number of pyridine rings is 1. The fourth-order valence-corrected chi connectivity index (χ4v) is 3.52. The van der Waals surface area contributed by atoms with Crippen LogP contribution < -0.4 is 4.90 Å². The highest BCUT2D eigenvalue weighted by Crippen LogP contribution is 2.36. The maximum atomic E-state index is 12.9. The minimum atomic E-state index is -0.424. The van der Waals surface area contributed by atoms with Gasteiger partial charge in [-0.1, -0.05) is 6.07 Å². The summed E-state index contributed by atoms with van der Waals surface area (Å²) in [7, 11) is 0. The lowest BCUT2D eigenvalue weighted by Crippen LogP contribution is -2.66. The van der Waals surface area contributed by atoms with Gasteiger partial charge in [-0.2, -0.15) is 0 Å². The molecule has 7 heteroatoms. The van der Waals surface area contributed by atoms with E-state index in [2.05, 4.69) is 21.0 Å². The Labute approximate surface area is 146 Å². The lowest BCUT2D eigenvalue weighted by molar-refractivity contribution is -0.148. The highest BCUT2D eigenvalue weighted by molar-refractivity contribution is 5.37. The van der Waals surface area contributed by atoms with E-state index in [1.807, 2.05) is 24.2 Å². The zero-order valence-corrected chi connectivity index (χ0v) is 14.2. The maximum absolute atomic E-state index is 12.9. The van der Waals surface area contributed by atoms with Gasteiger partial charge in [-0.05, 0) is 24.5 Å². The Bertz CT molecular complexity index is 734. The van der Waals surface area contributed by atoms with Crippen LogP contribution in [0.4, 0.5) is 10.3 Å². The summed E-state index contributed by atoms with van der Waals surface area (Å²) in [5.74, 6) is 0.122. The molecule has 0 radical (unpaired) electrons. The molecule has 25 heavy (non-hydrogen) atoms. The van der Waals surface area contributed by atoms with Crippen LogP contribution in [-0.4, -0.2) is 46.4 Å². The first-order valence-corrected chi connectivity index (χ1v) is 8.50. The highest BCUT2D eigenvalue weighted by atomic mass is 19.1. The lowest BCUT2D eigenvalue weighted by Gasteiger charge is -2.52. The van der Waals surface area contributed by atoms with E-state index in [0.29, 0.717) is 32.3 Å². The van der Waals surface area contributed by atoms with Crippen molar-refractivity contribution >= 4 is 5.95 Å². The molecule has 0 amide bonds. The van der Waals surface area contributed by atoms with Crippen molar-refractivity contribution in [2.45, 2.75) is 38.1 Å². The molecule has 0 saturated carbocycles. The van der Waals surface area contributed by atoms with Crippen LogP contribution in [0.5, 0.6) is 0 Å². The topological polar surface area (TPSA) is 60.4 Å². The van der Waals surface area contributed by atoms with Gasteiger partial charge in [-0.15, -0.1) is 0 Å². The standard InChI is InChI=1S/C18H21FN4O2/c1-13-4-14(7-20-6-13)10-24-16-2-3-25-18(5-16)11-23(12-18)17-21-8-15(19)9-22-17/h4,6-9,16H,2-3,5,10-12H2,1H3. The summed E-state index contributed by atoms with van der Waals surface area (Å²) in [4.78, 5) is 14.3. The Kier molecular flexibility index (Phi) is 4.35. The van der Waals surface area contributed by atoms with Gasteiger partial charge in [-0.25, -0.2) is 14.4 Å². The monoisotopic (exact) mass is 344 g/mol. The highest BCUT2D eigenvalue weighted by Gasteiger charge is 2.48. The Hall–Kier alpha value is -2.12. The smallest absolute Gasteiger partial charge is 0.225 e. The van der Waals surface area contributed by atoms with Crippen LogP contribution in [-0.2, 0) is 16.1 Å². The van der Waals surface area contributed by atoms with Gasteiger partial charge in [-0.3, -0.25) is 4.98 Å². The Balaban J connectivity index is 1.32. The number of hydrogen-bond donors (Lipinski definition) is 0. The minimum Gasteiger partial charge on any atom is -0.373 e. The molecule has 0 aliphatic carbocycles. The Morgan fingerprint density at radius 2 is 2.08 bits per heavy atom. The Morgan fingerprint density at radius 1 is 1.28 bits per heavy atom. The van der Waals surface area contributed by atoms with Gasteiger partial charge in [0.15, 0.2) is 5.82 Å². The number of rotatable bonds is 4. The molecule has 0 aromatic carbocycles. The molecule has 6 nitrogen and oxygen atoms in total. The van der Waals surface area contributed by atoms with Crippen molar-refractivity contribution in [1.82, 2.24) is 15.0 Å². The third kappa shape index (κ3) is 3.62. The average molecular weight is 344 g/mol. The lowest BCUT2D eigenvalue weighted by atomic mass is 9.85. The second-order valence-electron chi connectivity index (χ2n) is 6.89. The molecule has 132 valence electrons. The van der Waals surface area contributed by atoms with Crippen LogP contribution in [0.2, 0.25) is 0 Å². The van der Waals surface area contributed by atoms with Gasteiger partial charge < -0.3 is 14.4 Å². The second kappa shape index (κ2) is 6.65. The van der Waals surface area contributed by atoms with E-state index in [4.69, 9.17) is 9.47 Å². The van der Waals surface area contributed by atoms with E-state index in [-0.39, 0.29) is 11.7 Å². The van der Waals surface area contributed by atoms with Gasteiger partial charge in [0.2, 0.25) is 5.95 Å². The third-order valence-electron chi connectivity index (χ3n) is 4.71. The molecule has 2 aromatic rings. The van der Waals surface area contributed by atoms with Crippen LogP contribution in [0, 0.1) is 12.7 Å². The zero-order chi connectivity index (χ0) is 17.3. The largest absolute Gasteiger partial charge is 0.373 e. The molecule has 1 unspecified atom stereocenters. The summed E-state index contributed by atoms with van der Waals surface area (Å²) < 4.78 is 25.0. The van der Waals surface area contributed by atoms with Gasteiger partial charge in [0.25, 0.3) is 0 Å². The van der Waals surface area contributed by atoms with Crippen LogP contribution in [0.25, 0.3) is 0 Å². The number of aryl methyl sites for hydroxylation is 1. The first-order chi connectivity index (χ1) is 12.1. The molecular weight excluding hydrogens is 323 g/mol. The van der Waals surface area contributed by atoms with Gasteiger partial charge in [0, 0.05) is 25.4 Å². The van der Waals surface area contributed by atoms with E-state index in [1.54, 1.807) is 0 Å². The first kappa shape index (κ1) is 16.4. The molecule has 2 aliphatic rings. The fraction of sp³-hybridized carbons (Fsp3) is 0.500. The fourth-order valence-electron chi connectivity index (χ4n) is 3.52. The van der Waals surface area contributed by atoms with Crippen molar-refractivity contribution in [2.24, 2.45) is 0 Å². The minimum absolute atomic E-state index is 0.172. The molecule has 4 rings (SSSR count). The predicted octanol–water partition coefficient (Wildman–Crippen LogP) is 2.27. The number of anilines is 1. The van der Waals surface area contributed by atoms with Gasteiger partial charge >= 0.3 is 0 Å². The van der Waals surface area contributed by atoms with E-state index in [9.17, 15) is 4.39 Å². The van der Waals surface area contributed by atoms with E-state index in [1.165, 1.54) is 12.4 Å². The molecule has 0 bridgehead atoms. The molecule has 1 spiro atoms. The SMILES string of the molecule is Cc1cncc(COC2CCOC3(C2)CN(c2ncc(F)cn2)C3)c1. The average Bonchev–Trinajstić information content (AvgIpc) is 2.59. The number of nitrogens with zero attached hydrogens (tertiary/aromatic N) is 4. The predicted molar refractivity (Wildman–Crippen MR) is 89.7 cm³/mol. The molecule has 2 aromatic heterocycles. The van der Waals surface area contributed by atoms with Crippen LogP contribution in [0.1, 0.15) is 24.0 Å². The van der Waals surface area contributed by atoms with Crippen molar-refractivity contribution in [1.29, 1.82) is 0 Å². The summed E-state index contributed by atoms with van der Waals surface area (Å²) in [5, 5.41) is 0. The van der Waals surface area contributed by atoms with Crippen molar-refractivity contribution < 1.29 is 13.9 Å². The summed E-state index contributed by atoms with van der Waals surface area (Å²) >= 11 is 0. The third-order valence-corrected chi connectivity index (χ3v) is 4.71. The number of ether oxygens (including phenoxy) is 2. The summed E-state index contributed by atoms with van der Waals surface area (Å²) in [6.45, 7) is 4.71. The quantitative estimate of drug-likeness (QED) is 0.848. The summed E-state index contributed by atoms with van der Waals surface area (Å²) in [6.07, 6.45) is 7.99. The number of hydrogen-bond acceptors (Lipinski definition) is 6. The normalized spacial score (nSPS) is 22.0. The van der Waals surface area contributed by atoms with Gasteiger partial charge in [0.1, 0.15) is 5.60 Å². The van der Waals surface area contributed by atoms with Crippen molar-refractivity contribution in [2.75, 3.05) is 24.6 Å². The first-order valence-electron chi connectivity index (χ1n) is 8.50. The van der Waals surface area contributed by atoms with Crippen LogP contribution >= 0.6 is 0 Å². The summed E-state index contributed by atoms with van der Waals surface area (Å²) in [6, 6.07) is 2.10. The zero-order valence-electron chi connectivity index (χ0n) is 14.2.